The van der Waals surface area contributed by atoms with Gasteiger partial charge in [0, 0.05) is 14.1 Å². The highest BCUT2D eigenvalue weighted by molar-refractivity contribution is 7.18. The van der Waals surface area contributed by atoms with E-state index in [0.29, 0.717) is 16.2 Å². The zero-order valence-electron chi connectivity index (χ0n) is 19.7. The summed E-state index contributed by atoms with van der Waals surface area (Å²) >= 11 is 0.967. The average Bonchev–Trinajstić information content (AvgIpc) is 3.39. The zero-order chi connectivity index (χ0) is 24.8. The molecule has 34 heavy (non-hydrogen) atoms. The minimum Gasteiger partial charge on any atom is -0.482 e. The Morgan fingerprint density at radius 1 is 1.06 bits per heavy atom. The molecule has 0 radical (unpaired) electrons. The molecule has 182 valence electrons. The number of fused-ring (bicyclic) bond motifs is 1. The Morgan fingerprint density at radius 2 is 1.79 bits per heavy atom. The van der Waals surface area contributed by atoms with Crippen molar-refractivity contribution >= 4 is 40.1 Å². The molecule has 2 amide bonds. The van der Waals surface area contributed by atoms with Crippen molar-refractivity contribution < 1.29 is 33.4 Å². The van der Waals surface area contributed by atoms with Crippen molar-refractivity contribution in [2.45, 2.75) is 33.1 Å². The molecule has 2 aromatic rings. The molecule has 1 heterocycles. The second-order valence-electron chi connectivity index (χ2n) is 7.96. The van der Waals surface area contributed by atoms with E-state index < -0.39 is 24.5 Å². The van der Waals surface area contributed by atoms with Gasteiger partial charge >= 0.3 is 11.9 Å². The van der Waals surface area contributed by atoms with Crippen LogP contribution in [0.25, 0.3) is 0 Å². The van der Waals surface area contributed by atoms with E-state index in [4.69, 9.17) is 14.2 Å². The predicted molar refractivity (Wildman–Crippen MR) is 127 cm³/mol. The van der Waals surface area contributed by atoms with Crippen LogP contribution in [0, 0.1) is 6.92 Å². The van der Waals surface area contributed by atoms with E-state index in [0.717, 1.165) is 30.6 Å². The van der Waals surface area contributed by atoms with Gasteiger partial charge in [-0.15, -0.1) is 11.3 Å². The van der Waals surface area contributed by atoms with Gasteiger partial charge in [-0.3, -0.25) is 9.59 Å². The van der Waals surface area contributed by atoms with Crippen molar-refractivity contribution in [1.82, 2.24) is 4.90 Å². The summed E-state index contributed by atoms with van der Waals surface area (Å²) in [5.41, 5.74) is 3.04. The van der Waals surface area contributed by atoms with Crippen molar-refractivity contribution in [3.8, 4) is 5.75 Å². The van der Waals surface area contributed by atoms with Gasteiger partial charge in [-0.2, -0.15) is 0 Å². The molecule has 0 unspecified atom stereocenters. The highest BCUT2D eigenvalue weighted by atomic mass is 32.1. The summed E-state index contributed by atoms with van der Waals surface area (Å²) in [5, 5.41) is 2.72. The lowest BCUT2D eigenvalue weighted by molar-refractivity contribution is -0.149. The van der Waals surface area contributed by atoms with Crippen LogP contribution < -0.4 is 10.1 Å². The maximum Gasteiger partial charge on any atom is 0.344 e. The molecule has 1 aromatic carbocycles. The summed E-state index contributed by atoms with van der Waals surface area (Å²) in [4.78, 5) is 51.0. The molecule has 1 aliphatic carbocycles. The Bertz CT molecular complexity index is 1110. The molecular weight excluding hydrogens is 460 g/mol. The number of amides is 2. The van der Waals surface area contributed by atoms with Gasteiger partial charge in [-0.05, 0) is 61.9 Å². The number of esters is 2. The molecule has 0 saturated heterocycles. The molecule has 0 saturated carbocycles. The summed E-state index contributed by atoms with van der Waals surface area (Å²) in [6, 6.07) is 5.73. The van der Waals surface area contributed by atoms with Gasteiger partial charge in [0.2, 0.25) is 0 Å². The first-order chi connectivity index (χ1) is 16.2. The lowest BCUT2D eigenvalue weighted by atomic mass is 10.1. The van der Waals surface area contributed by atoms with Crippen LogP contribution in [-0.4, -0.2) is 62.6 Å². The highest BCUT2D eigenvalue weighted by Gasteiger charge is 2.27. The van der Waals surface area contributed by atoms with E-state index in [-0.39, 0.29) is 29.7 Å². The van der Waals surface area contributed by atoms with E-state index in [2.05, 4.69) is 5.32 Å². The van der Waals surface area contributed by atoms with Gasteiger partial charge in [0.05, 0.1) is 17.0 Å². The molecule has 0 spiro atoms. The van der Waals surface area contributed by atoms with Crippen LogP contribution in [0.5, 0.6) is 5.75 Å². The average molecular weight is 489 g/mol. The molecule has 1 aliphatic rings. The molecule has 0 atom stereocenters. The van der Waals surface area contributed by atoms with Crippen LogP contribution in [0.15, 0.2) is 18.2 Å². The van der Waals surface area contributed by atoms with Gasteiger partial charge in [0.25, 0.3) is 11.8 Å². The minimum atomic E-state index is -0.702. The molecule has 10 heteroatoms. The summed E-state index contributed by atoms with van der Waals surface area (Å²) in [6.07, 6.45) is 3.16. The number of nitrogens with one attached hydrogen (secondary N) is 1. The van der Waals surface area contributed by atoms with Crippen LogP contribution in [-0.2, 0) is 31.9 Å². The third-order valence-corrected chi connectivity index (χ3v) is 6.47. The summed E-state index contributed by atoms with van der Waals surface area (Å²) in [7, 11) is 3.18. The maximum atomic E-state index is 12.5. The van der Waals surface area contributed by atoms with E-state index in [1.807, 2.05) is 18.2 Å². The van der Waals surface area contributed by atoms with Crippen LogP contribution in [0.2, 0.25) is 0 Å². The first kappa shape index (κ1) is 25.2. The monoisotopic (exact) mass is 488 g/mol. The lowest BCUT2D eigenvalue weighted by Gasteiger charge is -2.09. The number of hydrogen-bond donors (Lipinski definition) is 1. The fraction of sp³-hybridized carbons (Fsp3) is 0.417. The van der Waals surface area contributed by atoms with Crippen molar-refractivity contribution in [3.63, 3.8) is 0 Å². The third kappa shape index (κ3) is 5.93. The fourth-order valence-corrected chi connectivity index (χ4v) is 4.82. The molecule has 9 nitrogen and oxygen atoms in total. The summed E-state index contributed by atoms with van der Waals surface area (Å²) < 4.78 is 15.6. The second-order valence-corrected chi connectivity index (χ2v) is 8.98. The molecule has 3 rings (SSSR count). The number of ether oxygens (including phenoxy) is 3. The Kier molecular flexibility index (Phi) is 8.27. The number of hydrogen-bond acceptors (Lipinski definition) is 8. The van der Waals surface area contributed by atoms with E-state index in [9.17, 15) is 19.2 Å². The van der Waals surface area contributed by atoms with E-state index in [1.54, 1.807) is 27.9 Å². The molecule has 0 aliphatic heterocycles. The Labute approximate surface area is 202 Å². The van der Waals surface area contributed by atoms with E-state index in [1.165, 1.54) is 16.0 Å². The van der Waals surface area contributed by atoms with E-state index >= 15 is 0 Å². The first-order valence-electron chi connectivity index (χ1n) is 10.9. The molecule has 1 aromatic heterocycles. The smallest absolute Gasteiger partial charge is 0.344 e. The predicted octanol–water partition coefficient (Wildman–Crippen LogP) is 2.98. The number of anilines is 1. The zero-order valence-corrected chi connectivity index (χ0v) is 20.5. The molecule has 0 fully saturated rings. The number of carbonyl (C=O) groups excluding carboxylic acids is 4. The topological polar surface area (TPSA) is 111 Å². The number of thiophene rings is 1. The number of rotatable bonds is 9. The van der Waals surface area contributed by atoms with Crippen LogP contribution in [0.1, 0.15) is 50.1 Å². The van der Waals surface area contributed by atoms with Crippen molar-refractivity contribution in [1.29, 1.82) is 0 Å². The van der Waals surface area contributed by atoms with Crippen molar-refractivity contribution in [3.05, 3.63) is 45.3 Å². The van der Waals surface area contributed by atoms with Crippen LogP contribution >= 0.6 is 11.3 Å². The van der Waals surface area contributed by atoms with Crippen molar-refractivity contribution in [2.24, 2.45) is 0 Å². The number of aryl methyl sites for hydroxylation is 2. The largest absolute Gasteiger partial charge is 0.482 e. The first-order valence-corrected chi connectivity index (χ1v) is 11.7. The summed E-state index contributed by atoms with van der Waals surface area (Å²) in [6.45, 7) is 2.52. The SMILES string of the molecule is CCOC(=O)c1c(NC(=O)COC(=O)COc2ccc3c(c2)CCC3)sc(C(=O)N(C)C)c1C. The van der Waals surface area contributed by atoms with Gasteiger partial charge in [-0.25, -0.2) is 9.59 Å². The Hall–Kier alpha value is -3.40. The second kappa shape index (κ2) is 11.1. The maximum absolute atomic E-state index is 12.5. The lowest BCUT2D eigenvalue weighted by Crippen LogP contribution is -2.24. The number of carbonyl (C=O) groups is 4. The number of nitrogens with zero attached hydrogens (tertiary/aromatic N) is 1. The molecular formula is C24H28N2O7S. The fourth-order valence-electron chi connectivity index (χ4n) is 3.59. The molecule has 0 bridgehead atoms. The minimum absolute atomic E-state index is 0.108. The summed E-state index contributed by atoms with van der Waals surface area (Å²) in [5.74, 6) is -1.73. The number of benzene rings is 1. The van der Waals surface area contributed by atoms with Gasteiger partial charge in [0.15, 0.2) is 13.2 Å². The molecule has 1 N–H and O–H groups in total. The Morgan fingerprint density at radius 3 is 2.50 bits per heavy atom. The van der Waals surface area contributed by atoms with Crippen LogP contribution in [0.4, 0.5) is 5.00 Å². The highest BCUT2D eigenvalue weighted by Crippen LogP contribution is 2.34. The Balaban J connectivity index is 1.59. The van der Waals surface area contributed by atoms with Gasteiger partial charge < -0.3 is 24.4 Å². The third-order valence-electron chi connectivity index (χ3n) is 5.27. The normalized spacial score (nSPS) is 12.0. The van der Waals surface area contributed by atoms with Crippen molar-refractivity contribution in [2.75, 3.05) is 39.2 Å². The van der Waals surface area contributed by atoms with Gasteiger partial charge in [0.1, 0.15) is 10.8 Å². The van der Waals surface area contributed by atoms with Gasteiger partial charge in [-0.1, -0.05) is 6.07 Å². The van der Waals surface area contributed by atoms with Crippen LogP contribution in [0.3, 0.4) is 0 Å². The standard InChI is InChI=1S/C24H28N2O7S/c1-5-31-24(30)20-14(2)21(23(29)26(3)4)34-22(20)25-18(27)12-33-19(28)13-32-17-10-9-15-7-6-8-16(15)11-17/h9-11H,5-8,12-13H2,1-4H3,(H,25,27). The quantitative estimate of drug-likeness (QED) is 0.540.